The van der Waals surface area contributed by atoms with Crippen LogP contribution in [-0.2, 0) is 22.7 Å². The number of ether oxygens (including phenoxy) is 3. The zero-order chi connectivity index (χ0) is 25.2. The van der Waals surface area contributed by atoms with Crippen molar-refractivity contribution in [3.05, 3.63) is 65.7 Å². The number of aliphatic hydroxyl groups excluding tert-OH is 2. The number of thioether (sulfide) groups is 1. The Bertz CT molecular complexity index is 1010. The van der Waals surface area contributed by atoms with Gasteiger partial charge in [-0.2, -0.15) is 13.2 Å². The van der Waals surface area contributed by atoms with Gasteiger partial charge in [-0.25, -0.2) is 0 Å². The predicted molar refractivity (Wildman–Crippen MR) is 125 cm³/mol. The zero-order valence-electron chi connectivity index (χ0n) is 19.1. The van der Waals surface area contributed by atoms with Crippen LogP contribution < -0.4 is 4.74 Å². The molecule has 2 aromatic rings. The minimum atomic E-state index is -4.83. The minimum absolute atomic E-state index is 0.367. The minimum Gasteiger partial charge on any atom is -0.489 e. The van der Waals surface area contributed by atoms with Crippen LogP contribution in [0.2, 0.25) is 0 Å². The second-order valence-electron chi connectivity index (χ2n) is 8.56. The number of aliphatic hydroxyl groups is 2. The zero-order valence-corrected chi connectivity index (χ0v) is 19.9. The first-order chi connectivity index (χ1) is 16.6. The van der Waals surface area contributed by atoms with Gasteiger partial charge in [-0.1, -0.05) is 54.2 Å². The lowest BCUT2D eigenvalue weighted by atomic mass is 9.94. The van der Waals surface area contributed by atoms with Crippen LogP contribution in [0.3, 0.4) is 0 Å². The van der Waals surface area contributed by atoms with Gasteiger partial charge < -0.3 is 29.3 Å². The molecule has 2 aliphatic rings. The molecule has 2 aromatic carbocycles. The van der Waals surface area contributed by atoms with Gasteiger partial charge >= 0.3 is 6.18 Å². The second kappa shape index (κ2) is 10.8. The summed E-state index contributed by atoms with van der Waals surface area (Å²) in [5.74, 6) is 0.570. The highest BCUT2D eigenvalue weighted by Gasteiger charge is 2.57. The third-order valence-electron chi connectivity index (χ3n) is 5.69. The molecule has 35 heavy (non-hydrogen) atoms. The van der Waals surface area contributed by atoms with Gasteiger partial charge in [0.15, 0.2) is 11.3 Å². The first-order valence-electron chi connectivity index (χ1n) is 11.0. The second-order valence-corrected chi connectivity index (χ2v) is 9.62. The smallest absolute Gasteiger partial charge is 0.417 e. The maximum Gasteiger partial charge on any atom is 0.417 e. The SMILES string of the molecule is CN(C)C1=NC2C(OC(C(OCc3ccc(OCc4ccccc4)cc3)C(F)(F)F)C(O)C2O)S1. The van der Waals surface area contributed by atoms with Crippen molar-refractivity contribution in [3.63, 3.8) is 0 Å². The van der Waals surface area contributed by atoms with Gasteiger partial charge in [-0.05, 0) is 23.3 Å². The highest BCUT2D eigenvalue weighted by atomic mass is 32.2. The Morgan fingerprint density at radius 3 is 2.29 bits per heavy atom. The molecule has 0 saturated carbocycles. The fraction of sp³-hybridized carbons (Fsp3) is 0.458. The largest absolute Gasteiger partial charge is 0.489 e. The van der Waals surface area contributed by atoms with Crippen molar-refractivity contribution in [2.75, 3.05) is 14.1 Å². The first kappa shape index (κ1) is 25.8. The van der Waals surface area contributed by atoms with E-state index in [4.69, 9.17) is 14.2 Å². The number of nitrogens with zero attached hydrogens (tertiary/aromatic N) is 2. The summed E-state index contributed by atoms with van der Waals surface area (Å²) >= 11 is 1.11. The number of aliphatic imine (C=N–C) groups is 1. The van der Waals surface area contributed by atoms with Crippen molar-refractivity contribution in [2.24, 2.45) is 4.99 Å². The average Bonchev–Trinajstić information content (AvgIpc) is 3.26. The molecule has 2 aliphatic heterocycles. The Kier molecular flexibility index (Phi) is 7.92. The van der Waals surface area contributed by atoms with Gasteiger partial charge in [0.25, 0.3) is 0 Å². The van der Waals surface area contributed by atoms with Crippen molar-refractivity contribution in [3.8, 4) is 5.75 Å². The third kappa shape index (κ3) is 6.10. The lowest BCUT2D eigenvalue weighted by Gasteiger charge is -2.41. The Labute approximate surface area is 205 Å². The molecule has 4 rings (SSSR count). The highest BCUT2D eigenvalue weighted by Crippen LogP contribution is 2.41. The number of hydrogen-bond acceptors (Lipinski definition) is 8. The maximum atomic E-state index is 13.9. The van der Waals surface area contributed by atoms with Crippen LogP contribution >= 0.6 is 11.8 Å². The standard InChI is InChI=1S/C24H27F3N2O5S/c1-29(2)23-28-17-18(30)19(31)20(34-22(17)35-23)21(24(25,26)27)33-13-15-8-10-16(11-9-15)32-12-14-6-4-3-5-7-14/h3-11,17-22,30-31H,12-13H2,1-2H3. The summed E-state index contributed by atoms with van der Waals surface area (Å²) in [6.07, 6.45) is -12.4. The topological polar surface area (TPSA) is 83.8 Å². The highest BCUT2D eigenvalue weighted by molar-refractivity contribution is 8.14. The Morgan fingerprint density at radius 2 is 1.66 bits per heavy atom. The molecule has 2 N–H and O–H groups in total. The number of fused-ring (bicyclic) bond motifs is 1. The van der Waals surface area contributed by atoms with Crippen LogP contribution in [0.25, 0.3) is 0 Å². The quantitative estimate of drug-likeness (QED) is 0.590. The Hall–Kier alpha value is -2.31. The van der Waals surface area contributed by atoms with E-state index in [1.54, 1.807) is 43.3 Å². The molecule has 0 spiro atoms. The van der Waals surface area contributed by atoms with E-state index in [0.29, 0.717) is 23.1 Å². The van der Waals surface area contributed by atoms with Crippen LogP contribution in [0.5, 0.6) is 5.75 Å². The number of rotatable bonds is 7. The van der Waals surface area contributed by atoms with E-state index in [0.717, 1.165) is 17.3 Å². The number of amidine groups is 1. The summed E-state index contributed by atoms with van der Waals surface area (Å²) in [7, 11) is 3.45. The molecule has 1 fully saturated rings. The molecule has 0 aromatic heterocycles. The van der Waals surface area contributed by atoms with Crippen molar-refractivity contribution in [1.82, 2.24) is 4.90 Å². The third-order valence-corrected chi connectivity index (χ3v) is 7.00. The van der Waals surface area contributed by atoms with Crippen LogP contribution in [0.4, 0.5) is 13.2 Å². The van der Waals surface area contributed by atoms with Crippen LogP contribution in [-0.4, -0.2) is 76.4 Å². The van der Waals surface area contributed by atoms with Crippen molar-refractivity contribution >= 4 is 16.9 Å². The van der Waals surface area contributed by atoms with Gasteiger partial charge in [0.1, 0.15) is 42.1 Å². The molecular formula is C24H27F3N2O5S. The summed E-state index contributed by atoms with van der Waals surface area (Å²) in [4.78, 5) is 5.94. The van der Waals surface area contributed by atoms with E-state index in [1.807, 2.05) is 30.3 Å². The number of benzene rings is 2. The van der Waals surface area contributed by atoms with Gasteiger partial charge in [-0.3, -0.25) is 4.99 Å². The van der Waals surface area contributed by atoms with Crippen molar-refractivity contribution in [1.29, 1.82) is 0 Å². The number of hydrogen-bond donors (Lipinski definition) is 2. The molecule has 0 amide bonds. The van der Waals surface area contributed by atoms with E-state index in [2.05, 4.69) is 4.99 Å². The number of halogens is 3. The monoisotopic (exact) mass is 512 g/mol. The van der Waals surface area contributed by atoms with E-state index in [1.165, 1.54) is 0 Å². The maximum absolute atomic E-state index is 13.9. The molecule has 0 aliphatic carbocycles. The van der Waals surface area contributed by atoms with Crippen molar-refractivity contribution in [2.45, 2.75) is 55.3 Å². The lowest BCUT2D eigenvalue weighted by molar-refractivity contribution is -0.286. The summed E-state index contributed by atoms with van der Waals surface area (Å²) in [5.41, 5.74) is 0.626. The Morgan fingerprint density at radius 1 is 1.00 bits per heavy atom. The molecule has 6 atom stereocenters. The van der Waals surface area contributed by atoms with E-state index >= 15 is 0 Å². The van der Waals surface area contributed by atoms with E-state index < -0.39 is 42.1 Å². The van der Waals surface area contributed by atoms with Crippen LogP contribution in [0.1, 0.15) is 11.1 Å². The fourth-order valence-electron chi connectivity index (χ4n) is 3.83. The van der Waals surface area contributed by atoms with Crippen molar-refractivity contribution < 1.29 is 37.6 Å². The van der Waals surface area contributed by atoms with Crippen LogP contribution in [0.15, 0.2) is 59.6 Å². The Balaban J connectivity index is 1.39. The molecule has 6 unspecified atom stereocenters. The predicted octanol–water partition coefficient (Wildman–Crippen LogP) is 3.19. The van der Waals surface area contributed by atoms with E-state index in [9.17, 15) is 23.4 Å². The molecule has 0 radical (unpaired) electrons. The number of alkyl halides is 3. The molecule has 2 heterocycles. The van der Waals surface area contributed by atoms with Gasteiger partial charge in [-0.15, -0.1) is 0 Å². The van der Waals surface area contributed by atoms with Gasteiger partial charge in [0.2, 0.25) is 0 Å². The molecule has 190 valence electrons. The lowest BCUT2D eigenvalue weighted by Crippen LogP contribution is -2.61. The normalized spacial score (nSPS) is 27.2. The molecule has 0 bridgehead atoms. The van der Waals surface area contributed by atoms with Gasteiger partial charge in [0, 0.05) is 14.1 Å². The van der Waals surface area contributed by atoms with Gasteiger partial charge in [0.05, 0.1) is 6.61 Å². The van der Waals surface area contributed by atoms with E-state index in [-0.39, 0.29) is 6.61 Å². The molecular weight excluding hydrogens is 485 g/mol. The first-order valence-corrected chi connectivity index (χ1v) is 11.9. The average molecular weight is 513 g/mol. The summed E-state index contributed by atoms with van der Waals surface area (Å²) in [6, 6.07) is 15.2. The van der Waals surface area contributed by atoms with Crippen LogP contribution in [0, 0.1) is 0 Å². The summed E-state index contributed by atoms with van der Waals surface area (Å²) < 4.78 is 58.3. The summed E-state index contributed by atoms with van der Waals surface area (Å²) in [6.45, 7) is -0.00199. The molecule has 11 heteroatoms. The molecule has 1 saturated heterocycles. The molecule has 7 nitrogen and oxygen atoms in total. The fourth-order valence-corrected chi connectivity index (χ4v) is 4.97. The summed E-state index contributed by atoms with van der Waals surface area (Å²) in [5, 5.41) is 21.4.